The lowest BCUT2D eigenvalue weighted by Crippen LogP contribution is -2.43. The molecule has 32 heavy (non-hydrogen) atoms. The Balaban J connectivity index is 1.50. The van der Waals surface area contributed by atoms with E-state index in [9.17, 15) is 18.0 Å². The second-order valence-electron chi connectivity index (χ2n) is 7.41. The number of benzene rings is 2. The molecule has 172 valence electrons. The van der Waals surface area contributed by atoms with E-state index in [0.29, 0.717) is 18.9 Å². The van der Waals surface area contributed by atoms with Gasteiger partial charge in [-0.1, -0.05) is 18.2 Å². The number of para-hydroxylation sites is 1. The summed E-state index contributed by atoms with van der Waals surface area (Å²) in [5.74, 6) is -0.365. The monoisotopic (exact) mass is 460 g/mol. The zero-order chi connectivity index (χ0) is 23.1. The van der Waals surface area contributed by atoms with Crippen molar-refractivity contribution in [1.29, 1.82) is 0 Å². The zero-order valence-electron chi connectivity index (χ0n) is 18.2. The molecule has 1 atom stereocenters. The molecule has 0 saturated carbocycles. The number of esters is 1. The van der Waals surface area contributed by atoms with Crippen molar-refractivity contribution in [3.8, 4) is 5.75 Å². The lowest BCUT2D eigenvalue weighted by molar-refractivity contribution is -0.153. The molecule has 9 heteroatoms. The highest BCUT2D eigenvalue weighted by Gasteiger charge is 2.28. The van der Waals surface area contributed by atoms with Gasteiger partial charge >= 0.3 is 5.97 Å². The molecule has 2 aromatic rings. The van der Waals surface area contributed by atoms with Crippen molar-refractivity contribution in [3.63, 3.8) is 0 Å². The fourth-order valence-corrected chi connectivity index (χ4v) is 4.57. The van der Waals surface area contributed by atoms with E-state index in [1.807, 2.05) is 31.2 Å². The molecule has 2 aromatic carbocycles. The summed E-state index contributed by atoms with van der Waals surface area (Å²) in [7, 11) is -3.77. The van der Waals surface area contributed by atoms with Crippen LogP contribution in [0.2, 0.25) is 0 Å². The Morgan fingerprint density at radius 1 is 1.12 bits per heavy atom. The molecule has 0 bridgehead atoms. The van der Waals surface area contributed by atoms with E-state index in [0.717, 1.165) is 24.1 Å². The van der Waals surface area contributed by atoms with Crippen molar-refractivity contribution in [1.82, 2.24) is 4.72 Å². The first-order chi connectivity index (χ1) is 15.3. The van der Waals surface area contributed by atoms with Crippen molar-refractivity contribution >= 4 is 27.6 Å². The number of nitrogens with one attached hydrogen (secondary N) is 1. The van der Waals surface area contributed by atoms with Gasteiger partial charge in [-0.15, -0.1) is 0 Å². The molecule has 0 spiro atoms. The van der Waals surface area contributed by atoms with Crippen molar-refractivity contribution in [2.75, 3.05) is 24.6 Å². The van der Waals surface area contributed by atoms with Gasteiger partial charge in [-0.05, 0) is 62.6 Å². The van der Waals surface area contributed by atoms with Gasteiger partial charge in [-0.2, -0.15) is 0 Å². The molecule has 3 rings (SSSR count). The number of sulfonamides is 1. The summed E-state index contributed by atoms with van der Waals surface area (Å²) in [6.45, 7) is 4.28. The summed E-state index contributed by atoms with van der Waals surface area (Å²) in [4.78, 5) is 26.7. The van der Waals surface area contributed by atoms with Gasteiger partial charge in [0.05, 0.1) is 17.9 Å². The van der Waals surface area contributed by atoms with Crippen LogP contribution < -0.4 is 14.4 Å². The predicted molar refractivity (Wildman–Crippen MR) is 120 cm³/mol. The maximum Gasteiger partial charge on any atom is 0.307 e. The number of fused-ring (bicyclic) bond motifs is 1. The van der Waals surface area contributed by atoms with Crippen molar-refractivity contribution in [2.24, 2.45) is 0 Å². The van der Waals surface area contributed by atoms with E-state index in [-0.39, 0.29) is 23.8 Å². The number of hydrogen-bond acceptors (Lipinski definition) is 6. The van der Waals surface area contributed by atoms with Crippen molar-refractivity contribution in [3.05, 3.63) is 54.1 Å². The average Bonchev–Trinajstić information content (AvgIpc) is 2.78. The fraction of sp³-hybridized carbons (Fsp3) is 0.391. The highest BCUT2D eigenvalue weighted by molar-refractivity contribution is 7.89. The van der Waals surface area contributed by atoms with Crippen LogP contribution in [0.4, 0.5) is 5.69 Å². The van der Waals surface area contributed by atoms with Crippen LogP contribution in [0.1, 0.15) is 32.3 Å². The molecule has 0 radical (unpaired) electrons. The number of anilines is 1. The molecule has 0 fully saturated rings. The Kier molecular flexibility index (Phi) is 7.87. The summed E-state index contributed by atoms with van der Waals surface area (Å²) in [5.41, 5.74) is 1.93. The Hall–Kier alpha value is -2.91. The summed E-state index contributed by atoms with van der Waals surface area (Å²) < 4.78 is 37.7. The third kappa shape index (κ3) is 5.86. The highest BCUT2D eigenvalue weighted by atomic mass is 32.2. The van der Waals surface area contributed by atoms with E-state index >= 15 is 0 Å². The van der Waals surface area contributed by atoms with Gasteiger partial charge in [0.15, 0.2) is 6.10 Å². The molecule has 1 N–H and O–H groups in total. The Morgan fingerprint density at radius 3 is 2.56 bits per heavy atom. The van der Waals surface area contributed by atoms with Crippen LogP contribution in [0.15, 0.2) is 53.4 Å². The van der Waals surface area contributed by atoms with Gasteiger partial charge in [-0.25, -0.2) is 13.1 Å². The molecule has 0 aromatic heterocycles. The van der Waals surface area contributed by atoms with Gasteiger partial charge in [0.2, 0.25) is 10.0 Å². The van der Waals surface area contributed by atoms with Crippen LogP contribution in [0, 0.1) is 0 Å². The van der Waals surface area contributed by atoms with Crippen LogP contribution in [-0.4, -0.2) is 46.1 Å². The SMILES string of the molecule is CCOc1ccc(S(=O)(=O)NCCC(=O)O[C@H](C)C(=O)N2CCCc3ccccc32)cc1. The summed E-state index contributed by atoms with van der Waals surface area (Å²) in [5, 5.41) is 0. The second kappa shape index (κ2) is 10.6. The molecule has 0 unspecified atom stereocenters. The van der Waals surface area contributed by atoms with E-state index in [1.54, 1.807) is 17.0 Å². The van der Waals surface area contributed by atoms with E-state index in [2.05, 4.69) is 4.72 Å². The summed E-state index contributed by atoms with van der Waals surface area (Å²) in [6, 6.07) is 13.7. The maximum atomic E-state index is 12.8. The zero-order valence-corrected chi connectivity index (χ0v) is 19.1. The number of nitrogens with zero attached hydrogens (tertiary/aromatic N) is 1. The van der Waals surface area contributed by atoms with Crippen LogP contribution in [-0.2, 0) is 30.8 Å². The van der Waals surface area contributed by atoms with E-state index < -0.39 is 22.1 Å². The smallest absolute Gasteiger partial charge is 0.307 e. The van der Waals surface area contributed by atoms with Crippen LogP contribution >= 0.6 is 0 Å². The minimum Gasteiger partial charge on any atom is -0.494 e. The average molecular weight is 461 g/mol. The van der Waals surface area contributed by atoms with Gasteiger partial charge in [0, 0.05) is 18.8 Å². The molecular formula is C23H28N2O6S. The van der Waals surface area contributed by atoms with Gasteiger partial charge in [0.1, 0.15) is 5.75 Å². The number of amides is 1. The molecule has 1 aliphatic heterocycles. The standard InChI is InChI=1S/C23H28N2O6S/c1-3-30-19-10-12-20(13-11-19)32(28,29)24-15-14-22(26)31-17(2)23(27)25-16-6-8-18-7-4-5-9-21(18)25/h4-5,7,9-13,17,24H,3,6,8,14-16H2,1-2H3/t17-/m1/s1. The van der Waals surface area contributed by atoms with Crippen LogP contribution in [0.3, 0.4) is 0 Å². The second-order valence-corrected chi connectivity index (χ2v) is 9.17. The molecule has 1 aliphatic rings. The van der Waals surface area contributed by atoms with Crippen LogP contribution in [0.5, 0.6) is 5.75 Å². The lowest BCUT2D eigenvalue weighted by atomic mass is 10.0. The number of carbonyl (C=O) groups is 2. The topological polar surface area (TPSA) is 102 Å². The Morgan fingerprint density at radius 2 is 1.84 bits per heavy atom. The van der Waals surface area contributed by atoms with E-state index in [4.69, 9.17) is 9.47 Å². The van der Waals surface area contributed by atoms with Crippen molar-refractivity contribution < 1.29 is 27.5 Å². The van der Waals surface area contributed by atoms with Crippen LogP contribution in [0.25, 0.3) is 0 Å². The van der Waals surface area contributed by atoms with Crippen molar-refractivity contribution in [2.45, 2.75) is 44.1 Å². The predicted octanol–water partition coefficient (Wildman–Crippen LogP) is 2.66. The lowest BCUT2D eigenvalue weighted by Gasteiger charge is -2.31. The Labute approximate surface area is 188 Å². The minimum absolute atomic E-state index is 0.0710. The number of ether oxygens (including phenoxy) is 2. The Bertz CT molecular complexity index is 1050. The van der Waals surface area contributed by atoms with Gasteiger partial charge in [0.25, 0.3) is 5.91 Å². The summed E-state index contributed by atoms with van der Waals surface area (Å²) in [6.07, 6.45) is 0.598. The quantitative estimate of drug-likeness (QED) is 0.578. The van der Waals surface area contributed by atoms with Gasteiger partial charge < -0.3 is 14.4 Å². The first kappa shape index (κ1) is 23.7. The fourth-order valence-electron chi connectivity index (χ4n) is 3.54. The first-order valence-corrected chi connectivity index (χ1v) is 12.1. The van der Waals surface area contributed by atoms with E-state index in [1.165, 1.54) is 19.1 Å². The molecule has 8 nitrogen and oxygen atoms in total. The number of carbonyl (C=O) groups excluding carboxylic acids is 2. The minimum atomic E-state index is -3.77. The molecule has 0 saturated heterocycles. The number of hydrogen-bond donors (Lipinski definition) is 1. The normalized spacial score (nSPS) is 14.4. The molecule has 1 heterocycles. The third-order valence-corrected chi connectivity index (χ3v) is 6.58. The molecule has 1 amide bonds. The number of aryl methyl sites for hydroxylation is 1. The largest absolute Gasteiger partial charge is 0.494 e. The third-order valence-electron chi connectivity index (χ3n) is 5.10. The first-order valence-electron chi connectivity index (χ1n) is 10.6. The molecular weight excluding hydrogens is 432 g/mol. The van der Waals surface area contributed by atoms with Gasteiger partial charge in [-0.3, -0.25) is 9.59 Å². The summed E-state index contributed by atoms with van der Waals surface area (Å²) >= 11 is 0. The highest BCUT2D eigenvalue weighted by Crippen LogP contribution is 2.27. The maximum absolute atomic E-state index is 12.8. The molecule has 0 aliphatic carbocycles. The number of rotatable bonds is 9.